The molecule has 1 saturated carbocycles. The highest BCUT2D eigenvalue weighted by Crippen LogP contribution is 2.48. The minimum atomic E-state index is -0.273. The largest absolute Gasteiger partial charge is 0.383 e. The topological polar surface area (TPSA) is 56.1 Å². The van der Waals surface area contributed by atoms with Gasteiger partial charge in [0.1, 0.15) is 5.02 Å². The lowest BCUT2D eigenvalue weighted by Crippen LogP contribution is -2.26. The van der Waals surface area contributed by atoms with Crippen molar-refractivity contribution in [2.75, 3.05) is 25.6 Å². The fraction of sp³-hybridized carbons (Fsp3) is 0.692. The number of hydrogen-bond donors (Lipinski definition) is 1. The predicted molar refractivity (Wildman–Crippen MR) is 75.8 cm³/mol. The maximum atomic E-state index is 12.0. The average molecular weight is 286 g/mol. The Morgan fingerprint density at radius 2 is 2.32 bits per heavy atom. The molecule has 1 aliphatic carbocycles. The van der Waals surface area contributed by atoms with Gasteiger partial charge in [-0.2, -0.15) is 5.10 Å². The van der Waals surface area contributed by atoms with Gasteiger partial charge in [-0.3, -0.25) is 4.79 Å². The van der Waals surface area contributed by atoms with Gasteiger partial charge in [0.25, 0.3) is 5.56 Å². The second-order valence-corrected chi connectivity index (χ2v) is 5.48. The van der Waals surface area contributed by atoms with Crippen molar-refractivity contribution in [1.82, 2.24) is 9.78 Å². The zero-order chi connectivity index (χ0) is 13.9. The van der Waals surface area contributed by atoms with Crippen LogP contribution in [0.25, 0.3) is 0 Å². The fourth-order valence-electron chi connectivity index (χ4n) is 2.04. The minimum Gasteiger partial charge on any atom is -0.383 e. The first-order valence-corrected chi connectivity index (χ1v) is 6.98. The van der Waals surface area contributed by atoms with Gasteiger partial charge in [-0.05, 0) is 24.7 Å². The first kappa shape index (κ1) is 14.3. The molecule has 1 fully saturated rings. The molecule has 0 amide bonds. The van der Waals surface area contributed by atoms with Gasteiger partial charge in [0.05, 0.1) is 25.0 Å². The maximum Gasteiger partial charge on any atom is 0.287 e. The number of anilines is 1. The molecule has 1 aliphatic rings. The average Bonchev–Trinajstić information content (AvgIpc) is 3.20. The smallest absolute Gasteiger partial charge is 0.287 e. The highest BCUT2D eigenvalue weighted by atomic mass is 35.5. The van der Waals surface area contributed by atoms with Gasteiger partial charge in [-0.15, -0.1) is 0 Å². The summed E-state index contributed by atoms with van der Waals surface area (Å²) in [5, 5.41) is 7.56. The van der Waals surface area contributed by atoms with E-state index in [1.165, 1.54) is 17.5 Å². The Hall–Kier alpha value is -1.07. The molecule has 1 N–H and O–H groups in total. The summed E-state index contributed by atoms with van der Waals surface area (Å²) in [6.07, 6.45) is 5.25. The summed E-state index contributed by atoms with van der Waals surface area (Å²) < 4.78 is 6.25. The number of aromatic nitrogens is 2. The van der Waals surface area contributed by atoms with Crippen LogP contribution >= 0.6 is 11.6 Å². The van der Waals surface area contributed by atoms with Crippen LogP contribution in [-0.2, 0) is 11.3 Å². The van der Waals surface area contributed by atoms with E-state index in [0.29, 0.717) is 24.3 Å². The van der Waals surface area contributed by atoms with Crippen LogP contribution in [0.15, 0.2) is 11.0 Å². The molecule has 0 saturated heterocycles. The molecule has 0 unspecified atom stereocenters. The maximum absolute atomic E-state index is 12.0. The van der Waals surface area contributed by atoms with E-state index in [1.807, 2.05) is 0 Å². The van der Waals surface area contributed by atoms with Crippen LogP contribution in [0, 0.1) is 5.41 Å². The van der Waals surface area contributed by atoms with Gasteiger partial charge in [-0.25, -0.2) is 4.68 Å². The number of hydrogen-bond acceptors (Lipinski definition) is 4. The number of rotatable bonds is 7. The predicted octanol–water partition coefficient (Wildman–Crippen LogP) is 2.15. The first-order chi connectivity index (χ1) is 9.12. The first-order valence-electron chi connectivity index (χ1n) is 6.60. The standard InChI is InChI=1S/C13H20ClN3O2/c1-3-13(4-5-13)9-15-10-8-16-17(6-7-19-2)12(18)11(10)14/h8,15H,3-7,9H2,1-2H3. The summed E-state index contributed by atoms with van der Waals surface area (Å²) in [5.41, 5.74) is 0.749. The highest BCUT2D eigenvalue weighted by molar-refractivity contribution is 6.32. The van der Waals surface area contributed by atoms with Crippen molar-refractivity contribution in [3.63, 3.8) is 0 Å². The van der Waals surface area contributed by atoms with Crippen molar-refractivity contribution in [3.8, 4) is 0 Å². The van der Waals surface area contributed by atoms with Gasteiger partial charge in [0.15, 0.2) is 0 Å². The molecule has 1 aromatic heterocycles. The van der Waals surface area contributed by atoms with E-state index < -0.39 is 0 Å². The number of methoxy groups -OCH3 is 1. The summed E-state index contributed by atoms with van der Waals surface area (Å²) in [6, 6.07) is 0. The third-order valence-electron chi connectivity index (χ3n) is 3.85. The van der Waals surface area contributed by atoms with E-state index in [9.17, 15) is 4.79 Å². The van der Waals surface area contributed by atoms with Crippen LogP contribution in [0.3, 0.4) is 0 Å². The van der Waals surface area contributed by atoms with Crippen LogP contribution < -0.4 is 10.9 Å². The van der Waals surface area contributed by atoms with Gasteiger partial charge in [0, 0.05) is 13.7 Å². The minimum absolute atomic E-state index is 0.206. The summed E-state index contributed by atoms with van der Waals surface area (Å²) >= 11 is 6.09. The molecule has 2 rings (SSSR count). The van der Waals surface area contributed by atoms with Crippen LogP contribution in [0.1, 0.15) is 26.2 Å². The normalized spacial score (nSPS) is 16.4. The quantitative estimate of drug-likeness (QED) is 0.834. The van der Waals surface area contributed by atoms with Crippen molar-refractivity contribution in [2.24, 2.45) is 5.41 Å². The molecule has 0 radical (unpaired) electrons. The molecular weight excluding hydrogens is 266 g/mol. The Kier molecular flexibility index (Phi) is 4.47. The van der Waals surface area contributed by atoms with Crippen LogP contribution in [0.5, 0.6) is 0 Å². The van der Waals surface area contributed by atoms with Gasteiger partial charge >= 0.3 is 0 Å². The number of nitrogens with zero attached hydrogens (tertiary/aromatic N) is 2. The molecular formula is C13H20ClN3O2. The molecule has 0 aromatic carbocycles. The second kappa shape index (κ2) is 5.92. The molecule has 0 aliphatic heterocycles. The van der Waals surface area contributed by atoms with Crippen LogP contribution in [-0.4, -0.2) is 30.0 Å². The van der Waals surface area contributed by atoms with Crippen molar-refractivity contribution >= 4 is 17.3 Å². The Morgan fingerprint density at radius 1 is 1.58 bits per heavy atom. The SMILES string of the molecule is CCC1(CNc2cnn(CCOC)c(=O)c2Cl)CC1. The van der Waals surface area contributed by atoms with Gasteiger partial charge in [0.2, 0.25) is 0 Å². The molecule has 1 aromatic rings. The number of ether oxygens (including phenoxy) is 1. The monoisotopic (exact) mass is 285 g/mol. The van der Waals surface area contributed by atoms with Crippen molar-refractivity contribution in [3.05, 3.63) is 21.6 Å². The van der Waals surface area contributed by atoms with Crippen molar-refractivity contribution in [2.45, 2.75) is 32.7 Å². The summed E-state index contributed by atoms with van der Waals surface area (Å²) in [5.74, 6) is 0. The summed E-state index contributed by atoms with van der Waals surface area (Å²) in [6.45, 7) is 3.90. The Morgan fingerprint density at radius 3 is 2.89 bits per heavy atom. The third kappa shape index (κ3) is 3.28. The van der Waals surface area contributed by atoms with E-state index in [4.69, 9.17) is 16.3 Å². The molecule has 0 atom stereocenters. The van der Waals surface area contributed by atoms with E-state index in [2.05, 4.69) is 17.3 Å². The third-order valence-corrected chi connectivity index (χ3v) is 4.22. The lowest BCUT2D eigenvalue weighted by atomic mass is 10.0. The van der Waals surface area contributed by atoms with E-state index in [1.54, 1.807) is 13.3 Å². The molecule has 1 heterocycles. The Bertz CT molecular complexity index is 497. The zero-order valence-electron chi connectivity index (χ0n) is 11.4. The van der Waals surface area contributed by atoms with Crippen LogP contribution in [0.4, 0.5) is 5.69 Å². The lowest BCUT2D eigenvalue weighted by molar-refractivity contribution is 0.182. The Balaban J connectivity index is 2.06. The van der Waals surface area contributed by atoms with E-state index in [-0.39, 0.29) is 10.6 Å². The molecule has 19 heavy (non-hydrogen) atoms. The molecule has 0 spiro atoms. The van der Waals surface area contributed by atoms with Crippen molar-refractivity contribution in [1.29, 1.82) is 0 Å². The van der Waals surface area contributed by atoms with Crippen molar-refractivity contribution < 1.29 is 4.74 Å². The van der Waals surface area contributed by atoms with Gasteiger partial charge < -0.3 is 10.1 Å². The molecule has 0 bridgehead atoms. The molecule has 6 heteroatoms. The second-order valence-electron chi connectivity index (χ2n) is 5.10. The lowest BCUT2D eigenvalue weighted by Gasteiger charge is -2.15. The number of nitrogens with one attached hydrogen (secondary N) is 1. The van der Waals surface area contributed by atoms with Gasteiger partial charge in [-0.1, -0.05) is 18.5 Å². The van der Waals surface area contributed by atoms with E-state index >= 15 is 0 Å². The summed E-state index contributed by atoms with van der Waals surface area (Å²) in [7, 11) is 1.59. The summed E-state index contributed by atoms with van der Waals surface area (Å²) in [4.78, 5) is 12.0. The fourth-order valence-corrected chi connectivity index (χ4v) is 2.25. The molecule has 106 valence electrons. The highest BCUT2D eigenvalue weighted by Gasteiger charge is 2.40. The van der Waals surface area contributed by atoms with E-state index in [0.717, 1.165) is 13.0 Å². The zero-order valence-corrected chi connectivity index (χ0v) is 12.2. The van der Waals surface area contributed by atoms with Crippen LogP contribution in [0.2, 0.25) is 5.02 Å². The number of halogens is 1. The molecule has 5 nitrogen and oxygen atoms in total. The Labute approximate surface area is 117 Å².